The lowest BCUT2D eigenvalue weighted by molar-refractivity contribution is -0.151. The molecule has 0 radical (unpaired) electrons. The molecule has 0 saturated carbocycles. The van der Waals surface area contributed by atoms with Gasteiger partial charge in [0, 0.05) is 19.4 Å². The molecule has 0 aliphatic carbocycles. The van der Waals surface area contributed by atoms with E-state index in [4.69, 9.17) is 5.11 Å². The Kier molecular flexibility index (Phi) is 3.45. The monoisotopic (exact) mass is 268 g/mol. The molecule has 2 heterocycles. The van der Waals surface area contributed by atoms with Gasteiger partial charge in [0.25, 0.3) is 5.91 Å². The minimum atomic E-state index is -1.20. The van der Waals surface area contributed by atoms with Gasteiger partial charge in [-0.05, 0) is 0 Å². The van der Waals surface area contributed by atoms with Crippen LogP contribution in [0.2, 0.25) is 0 Å². The highest BCUT2D eigenvalue weighted by Gasteiger charge is 2.37. The predicted molar refractivity (Wildman–Crippen MR) is 61.0 cm³/mol. The summed E-state index contributed by atoms with van der Waals surface area (Å²) in [4.78, 5) is 46.3. The van der Waals surface area contributed by atoms with Gasteiger partial charge in [-0.3, -0.25) is 14.4 Å². The summed E-state index contributed by atoms with van der Waals surface area (Å²) < 4.78 is 0. The Morgan fingerprint density at radius 1 is 1.26 bits per heavy atom. The van der Waals surface area contributed by atoms with E-state index in [1.54, 1.807) is 0 Å². The lowest BCUT2D eigenvalue weighted by Crippen LogP contribution is -2.60. The zero-order valence-corrected chi connectivity index (χ0v) is 9.88. The van der Waals surface area contributed by atoms with Crippen LogP contribution in [0.15, 0.2) is 5.10 Å². The van der Waals surface area contributed by atoms with Crippen LogP contribution in [0.3, 0.4) is 0 Å². The second-order valence-corrected chi connectivity index (χ2v) is 4.18. The highest BCUT2D eigenvalue weighted by molar-refractivity contribution is 6.40. The molecule has 1 saturated heterocycles. The summed E-state index contributed by atoms with van der Waals surface area (Å²) in [6, 6.07) is -1.12. The first kappa shape index (κ1) is 13.0. The third kappa shape index (κ3) is 2.69. The summed E-state index contributed by atoms with van der Waals surface area (Å²) in [5.41, 5.74) is 2.22. The summed E-state index contributed by atoms with van der Waals surface area (Å²) in [6.45, 7) is -0.470. The number of hydrogen-bond donors (Lipinski definition) is 3. The smallest absolute Gasteiger partial charge is 0.328 e. The fraction of sp³-hybridized carbons (Fsp3) is 0.500. The number of amides is 3. The number of carbonyl (C=O) groups is 4. The molecule has 0 spiro atoms. The molecule has 2 rings (SSSR count). The average Bonchev–Trinajstić information content (AvgIpc) is 2.38. The maximum absolute atomic E-state index is 12.1. The molecular formula is C10H12N4O5. The van der Waals surface area contributed by atoms with Crippen LogP contribution in [0.25, 0.3) is 0 Å². The molecule has 19 heavy (non-hydrogen) atoms. The van der Waals surface area contributed by atoms with Crippen LogP contribution in [0, 0.1) is 0 Å². The van der Waals surface area contributed by atoms with Crippen LogP contribution < -0.4 is 10.7 Å². The van der Waals surface area contributed by atoms with Gasteiger partial charge in [-0.2, -0.15) is 5.10 Å². The van der Waals surface area contributed by atoms with E-state index in [0.29, 0.717) is 0 Å². The summed E-state index contributed by atoms with van der Waals surface area (Å²) in [5, 5.41) is 15.0. The summed E-state index contributed by atoms with van der Waals surface area (Å²) in [6.07, 6.45) is 0.247. The molecule has 0 bridgehead atoms. The largest absolute Gasteiger partial charge is 0.480 e. The maximum Gasteiger partial charge on any atom is 0.328 e. The molecule has 102 valence electrons. The molecule has 0 aromatic rings. The van der Waals surface area contributed by atoms with Crippen LogP contribution in [0.5, 0.6) is 0 Å². The lowest BCUT2D eigenvalue weighted by atomic mass is 10.1. The van der Waals surface area contributed by atoms with Gasteiger partial charge >= 0.3 is 5.97 Å². The Morgan fingerprint density at radius 3 is 2.58 bits per heavy atom. The first-order chi connectivity index (χ1) is 8.99. The third-order valence-corrected chi connectivity index (χ3v) is 2.88. The highest BCUT2D eigenvalue weighted by atomic mass is 16.4. The van der Waals surface area contributed by atoms with E-state index in [2.05, 4.69) is 15.8 Å². The van der Waals surface area contributed by atoms with Crippen LogP contribution >= 0.6 is 0 Å². The van der Waals surface area contributed by atoms with Gasteiger partial charge in [0.1, 0.15) is 18.3 Å². The van der Waals surface area contributed by atoms with Crippen molar-refractivity contribution in [2.45, 2.75) is 18.9 Å². The number of carbonyl (C=O) groups excluding carboxylic acids is 3. The van der Waals surface area contributed by atoms with Crippen molar-refractivity contribution in [3.63, 3.8) is 0 Å². The number of aliphatic carboxylic acids is 1. The van der Waals surface area contributed by atoms with Crippen molar-refractivity contribution in [3.8, 4) is 0 Å². The van der Waals surface area contributed by atoms with Crippen LogP contribution in [-0.4, -0.2) is 58.5 Å². The molecule has 1 unspecified atom stereocenters. The van der Waals surface area contributed by atoms with Crippen molar-refractivity contribution in [2.75, 3.05) is 13.1 Å². The fourth-order valence-corrected chi connectivity index (χ4v) is 1.87. The second-order valence-electron chi connectivity index (χ2n) is 4.18. The summed E-state index contributed by atoms with van der Waals surface area (Å²) in [7, 11) is 0. The number of carboxylic acid groups (broad SMARTS) is 1. The zero-order chi connectivity index (χ0) is 14.0. The number of hydrazone groups is 1. The zero-order valence-electron chi connectivity index (χ0n) is 9.88. The van der Waals surface area contributed by atoms with Gasteiger partial charge in [-0.15, -0.1) is 0 Å². The van der Waals surface area contributed by atoms with Crippen molar-refractivity contribution < 1.29 is 24.3 Å². The number of piperazine rings is 1. The first-order valence-electron chi connectivity index (χ1n) is 5.65. The van der Waals surface area contributed by atoms with Gasteiger partial charge in [-0.1, -0.05) is 0 Å². The number of nitrogens with one attached hydrogen (secondary N) is 2. The molecule has 3 N–H and O–H groups in total. The predicted octanol–water partition coefficient (Wildman–Crippen LogP) is -2.34. The van der Waals surface area contributed by atoms with Gasteiger partial charge in [0.05, 0.1) is 0 Å². The van der Waals surface area contributed by atoms with Crippen molar-refractivity contribution in [1.29, 1.82) is 0 Å². The lowest BCUT2D eigenvalue weighted by Gasteiger charge is -2.33. The van der Waals surface area contributed by atoms with Gasteiger partial charge < -0.3 is 15.3 Å². The van der Waals surface area contributed by atoms with Crippen molar-refractivity contribution in [1.82, 2.24) is 15.6 Å². The second kappa shape index (κ2) is 5.04. The Morgan fingerprint density at radius 2 is 2.00 bits per heavy atom. The molecule has 1 atom stereocenters. The van der Waals surface area contributed by atoms with E-state index < -0.39 is 23.8 Å². The molecule has 0 aromatic heterocycles. The average molecular weight is 268 g/mol. The van der Waals surface area contributed by atoms with Crippen LogP contribution in [0.1, 0.15) is 12.8 Å². The first-order valence-corrected chi connectivity index (χ1v) is 5.65. The SMILES string of the molecule is O=C1CN(C(=O)C2=NNC(=O)CC2)C(C(=O)O)CN1. The Bertz CT molecular complexity index is 486. The Hall–Kier alpha value is -2.45. The number of hydrogen-bond acceptors (Lipinski definition) is 5. The molecule has 3 amide bonds. The van der Waals surface area contributed by atoms with Gasteiger partial charge in [-0.25, -0.2) is 10.2 Å². The minimum absolute atomic E-state index is 0.0561. The van der Waals surface area contributed by atoms with Crippen molar-refractivity contribution in [2.24, 2.45) is 5.10 Å². The molecule has 9 nitrogen and oxygen atoms in total. The molecular weight excluding hydrogens is 256 g/mol. The number of carboxylic acids is 1. The van der Waals surface area contributed by atoms with Gasteiger partial charge in [0.15, 0.2) is 0 Å². The number of rotatable bonds is 2. The van der Waals surface area contributed by atoms with E-state index in [0.717, 1.165) is 4.90 Å². The molecule has 0 aromatic carbocycles. The highest BCUT2D eigenvalue weighted by Crippen LogP contribution is 2.10. The van der Waals surface area contributed by atoms with E-state index in [1.807, 2.05) is 0 Å². The molecule has 2 aliphatic rings. The maximum atomic E-state index is 12.1. The normalized spacial score (nSPS) is 23.3. The minimum Gasteiger partial charge on any atom is -0.480 e. The number of nitrogens with zero attached hydrogens (tertiary/aromatic N) is 2. The molecule has 9 heteroatoms. The molecule has 2 aliphatic heterocycles. The Labute approximate surface area is 107 Å². The summed E-state index contributed by atoms with van der Waals surface area (Å²) >= 11 is 0. The van der Waals surface area contributed by atoms with E-state index in [-0.39, 0.29) is 37.6 Å². The standard InChI is InChI=1S/C10H12N4O5/c15-7-2-1-5(12-13-7)9(17)14-4-8(16)11-3-6(14)10(18)19/h6H,1-4H2,(H,11,16)(H,13,15)(H,18,19). The van der Waals surface area contributed by atoms with Gasteiger partial charge in [0.2, 0.25) is 11.8 Å². The van der Waals surface area contributed by atoms with Crippen LogP contribution in [0.4, 0.5) is 0 Å². The van der Waals surface area contributed by atoms with E-state index in [9.17, 15) is 19.2 Å². The third-order valence-electron chi connectivity index (χ3n) is 2.88. The summed E-state index contributed by atoms with van der Waals surface area (Å²) in [5.74, 6) is -2.56. The topological polar surface area (TPSA) is 128 Å². The van der Waals surface area contributed by atoms with Crippen molar-refractivity contribution >= 4 is 29.4 Å². The fourth-order valence-electron chi connectivity index (χ4n) is 1.87. The van der Waals surface area contributed by atoms with E-state index >= 15 is 0 Å². The quantitative estimate of drug-likeness (QED) is 0.517. The van der Waals surface area contributed by atoms with Crippen molar-refractivity contribution in [3.05, 3.63) is 0 Å². The van der Waals surface area contributed by atoms with E-state index in [1.165, 1.54) is 0 Å². The van der Waals surface area contributed by atoms with Crippen LogP contribution in [-0.2, 0) is 19.2 Å². The Balaban J connectivity index is 2.17. The molecule has 1 fully saturated rings.